The maximum atomic E-state index is 5.75. The Hall–Kier alpha value is -0.230. The van der Waals surface area contributed by atoms with Gasteiger partial charge in [-0.3, -0.25) is 4.90 Å². The molecule has 0 aliphatic carbocycles. The summed E-state index contributed by atoms with van der Waals surface area (Å²) in [6, 6.07) is 0.613. The van der Waals surface area contributed by atoms with Gasteiger partial charge in [0.05, 0.1) is 6.54 Å². The molecule has 0 aromatic carbocycles. The van der Waals surface area contributed by atoms with Gasteiger partial charge in [0.15, 0.2) is 0 Å². The van der Waals surface area contributed by atoms with E-state index in [1.807, 2.05) is 7.05 Å². The van der Waals surface area contributed by atoms with E-state index in [-0.39, 0.29) is 0 Å². The Morgan fingerprint density at radius 2 is 2.47 bits per heavy atom. The molecule has 0 amide bonds. The van der Waals surface area contributed by atoms with Gasteiger partial charge in [-0.05, 0) is 38.0 Å². The summed E-state index contributed by atoms with van der Waals surface area (Å²) in [6.45, 7) is 3.12. The van der Waals surface area contributed by atoms with Crippen LogP contribution in [0.25, 0.3) is 0 Å². The molecule has 1 aliphatic heterocycles. The van der Waals surface area contributed by atoms with E-state index in [0.29, 0.717) is 10.5 Å². The third kappa shape index (κ3) is 3.11. The number of nitrogens with one attached hydrogen (secondary N) is 1. The van der Waals surface area contributed by atoms with Crippen LogP contribution in [-0.4, -0.2) is 41.3 Å². The number of halogens is 1. The van der Waals surface area contributed by atoms with Crippen molar-refractivity contribution in [2.24, 2.45) is 0 Å². The van der Waals surface area contributed by atoms with Crippen LogP contribution in [0.2, 0.25) is 4.47 Å². The van der Waals surface area contributed by atoms with E-state index in [9.17, 15) is 0 Å². The molecule has 0 bridgehead atoms. The molecule has 1 unspecified atom stereocenters. The lowest BCUT2D eigenvalue weighted by atomic mass is 10.1. The molecule has 1 aliphatic rings. The van der Waals surface area contributed by atoms with E-state index in [0.717, 1.165) is 24.6 Å². The zero-order valence-electron chi connectivity index (χ0n) is 8.74. The number of likely N-dealkylation sites (N-methyl/N-ethyl adjacent to an activating group) is 1. The maximum absolute atomic E-state index is 5.75. The fraction of sp³-hybridized carbons (Fsp3) is 0.778. The molecule has 84 valence electrons. The predicted molar refractivity (Wildman–Crippen MR) is 62.3 cm³/mol. The number of nitrogens with zero attached hydrogens (tertiary/aromatic N) is 3. The van der Waals surface area contributed by atoms with Gasteiger partial charge in [0.25, 0.3) is 0 Å². The molecular weight excluding hydrogens is 232 g/mol. The number of hydrogen-bond donors (Lipinski definition) is 1. The van der Waals surface area contributed by atoms with Crippen molar-refractivity contribution >= 4 is 22.9 Å². The Bertz CT molecular complexity index is 317. The fourth-order valence-corrected chi connectivity index (χ4v) is 2.83. The van der Waals surface area contributed by atoms with E-state index in [1.54, 1.807) is 0 Å². The lowest BCUT2D eigenvalue weighted by Crippen LogP contribution is -2.43. The van der Waals surface area contributed by atoms with Crippen LogP contribution in [0.3, 0.4) is 0 Å². The van der Waals surface area contributed by atoms with Crippen molar-refractivity contribution in [3.05, 3.63) is 9.47 Å². The van der Waals surface area contributed by atoms with Gasteiger partial charge in [0.1, 0.15) is 5.01 Å². The van der Waals surface area contributed by atoms with Crippen LogP contribution in [0.5, 0.6) is 0 Å². The van der Waals surface area contributed by atoms with Crippen LogP contribution in [0, 0.1) is 0 Å². The number of likely N-dealkylation sites (tertiary alicyclic amines) is 1. The SMILES string of the molecule is CNC1CCCN(Cc2nnc(Cl)s2)C1. The highest BCUT2D eigenvalue weighted by molar-refractivity contribution is 7.15. The number of rotatable bonds is 3. The van der Waals surface area contributed by atoms with Crippen LogP contribution in [0.1, 0.15) is 17.8 Å². The Labute approximate surface area is 98.6 Å². The third-order valence-electron chi connectivity index (χ3n) is 2.71. The van der Waals surface area contributed by atoms with E-state index in [2.05, 4.69) is 20.4 Å². The van der Waals surface area contributed by atoms with Gasteiger partial charge in [-0.25, -0.2) is 0 Å². The zero-order valence-corrected chi connectivity index (χ0v) is 10.3. The minimum Gasteiger partial charge on any atom is -0.316 e. The van der Waals surface area contributed by atoms with E-state index in [1.165, 1.54) is 24.2 Å². The molecular formula is C9H15ClN4S. The highest BCUT2D eigenvalue weighted by Gasteiger charge is 2.19. The summed E-state index contributed by atoms with van der Waals surface area (Å²) in [4.78, 5) is 2.40. The molecule has 6 heteroatoms. The van der Waals surface area contributed by atoms with Crippen molar-refractivity contribution in [1.29, 1.82) is 0 Å². The standard InChI is InChI=1S/C9H15ClN4S/c1-11-7-3-2-4-14(5-7)6-8-12-13-9(10)15-8/h7,11H,2-6H2,1H3. The summed E-state index contributed by atoms with van der Waals surface area (Å²) in [5, 5.41) is 12.2. The Balaban J connectivity index is 1.88. The lowest BCUT2D eigenvalue weighted by molar-refractivity contribution is 0.187. The van der Waals surface area contributed by atoms with E-state index in [4.69, 9.17) is 11.6 Å². The smallest absolute Gasteiger partial charge is 0.207 e. The summed E-state index contributed by atoms with van der Waals surface area (Å²) < 4.78 is 0.534. The van der Waals surface area contributed by atoms with E-state index < -0.39 is 0 Å². The second kappa shape index (κ2) is 5.21. The Morgan fingerprint density at radius 1 is 1.60 bits per heavy atom. The lowest BCUT2D eigenvalue weighted by Gasteiger charge is -2.31. The monoisotopic (exact) mass is 246 g/mol. The van der Waals surface area contributed by atoms with Crippen LogP contribution >= 0.6 is 22.9 Å². The van der Waals surface area contributed by atoms with Gasteiger partial charge < -0.3 is 5.32 Å². The first kappa shape index (κ1) is 11.3. The summed E-state index contributed by atoms with van der Waals surface area (Å²) in [5.41, 5.74) is 0. The Kier molecular flexibility index (Phi) is 3.91. The molecule has 0 radical (unpaired) electrons. The van der Waals surface area contributed by atoms with Gasteiger partial charge >= 0.3 is 0 Å². The van der Waals surface area contributed by atoms with E-state index >= 15 is 0 Å². The molecule has 1 saturated heterocycles. The largest absolute Gasteiger partial charge is 0.316 e. The van der Waals surface area contributed by atoms with Crippen LogP contribution in [0.15, 0.2) is 0 Å². The molecule has 0 saturated carbocycles. The quantitative estimate of drug-likeness (QED) is 0.875. The topological polar surface area (TPSA) is 41.0 Å². The number of piperidine rings is 1. The Morgan fingerprint density at radius 3 is 3.13 bits per heavy atom. The highest BCUT2D eigenvalue weighted by atomic mass is 35.5. The fourth-order valence-electron chi connectivity index (χ4n) is 1.92. The molecule has 1 fully saturated rings. The average Bonchev–Trinajstić information content (AvgIpc) is 2.64. The summed E-state index contributed by atoms with van der Waals surface area (Å²) >= 11 is 7.22. The third-order valence-corrected chi connectivity index (χ3v) is 3.72. The summed E-state index contributed by atoms with van der Waals surface area (Å²) in [7, 11) is 2.02. The van der Waals surface area contributed by atoms with Crippen LogP contribution in [-0.2, 0) is 6.54 Å². The van der Waals surface area contributed by atoms with Crippen molar-refractivity contribution in [2.75, 3.05) is 20.1 Å². The van der Waals surface area contributed by atoms with Crippen molar-refractivity contribution in [2.45, 2.75) is 25.4 Å². The average molecular weight is 247 g/mol. The molecule has 2 rings (SSSR count). The molecule has 1 aromatic heterocycles. The second-order valence-corrected chi connectivity index (χ2v) is 5.46. The normalized spacial score (nSPS) is 23.2. The van der Waals surface area contributed by atoms with Gasteiger partial charge in [-0.1, -0.05) is 11.3 Å². The number of hydrogen-bond acceptors (Lipinski definition) is 5. The molecule has 1 N–H and O–H groups in total. The highest BCUT2D eigenvalue weighted by Crippen LogP contribution is 2.18. The zero-order chi connectivity index (χ0) is 10.7. The van der Waals surface area contributed by atoms with Gasteiger partial charge in [0.2, 0.25) is 4.47 Å². The first-order valence-electron chi connectivity index (χ1n) is 5.15. The maximum Gasteiger partial charge on any atom is 0.207 e. The van der Waals surface area contributed by atoms with Crippen molar-refractivity contribution in [3.8, 4) is 0 Å². The van der Waals surface area contributed by atoms with Gasteiger partial charge in [0, 0.05) is 12.6 Å². The summed E-state index contributed by atoms with van der Waals surface area (Å²) in [6.07, 6.45) is 2.52. The first-order chi connectivity index (χ1) is 7.28. The second-order valence-electron chi connectivity index (χ2n) is 3.81. The molecule has 1 aromatic rings. The van der Waals surface area contributed by atoms with Gasteiger partial charge in [-0.15, -0.1) is 10.2 Å². The van der Waals surface area contributed by atoms with Crippen LogP contribution < -0.4 is 5.32 Å². The molecule has 2 heterocycles. The molecule has 0 spiro atoms. The van der Waals surface area contributed by atoms with Crippen molar-refractivity contribution in [1.82, 2.24) is 20.4 Å². The molecule has 1 atom stereocenters. The minimum atomic E-state index is 0.534. The van der Waals surface area contributed by atoms with Crippen LogP contribution in [0.4, 0.5) is 0 Å². The minimum absolute atomic E-state index is 0.534. The van der Waals surface area contributed by atoms with Gasteiger partial charge in [-0.2, -0.15) is 0 Å². The predicted octanol–water partition coefficient (Wildman–Crippen LogP) is 1.38. The van der Waals surface area contributed by atoms with Crippen molar-refractivity contribution in [3.63, 3.8) is 0 Å². The molecule has 15 heavy (non-hydrogen) atoms. The first-order valence-corrected chi connectivity index (χ1v) is 6.35. The number of aromatic nitrogens is 2. The summed E-state index contributed by atoms with van der Waals surface area (Å²) in [5.74, 6) is 0. The van der Waals surface area contributed by atoms with Crippen molar-refractivity contribution < 1.29 is 0 Å². The molecule has 4 nitrogen and oxygen atoms in total.